The molecule has 0 bridgehead atoms. The molecule has 1 fully saturated rings. The number of nitrogens with one attached hydrogen (secondary N) is 1. The summed E-state index contributed by atoms with van der Waals surface area (Å²) < 4.78 is 33.3. The van der Waals surface area contributed by atoms with E-state index < -0.39 is 22.6 Å². The van der Waals surface area contributed by atoms with Crippen LogP contribution in [0.5, 0.6) is 0 Å². The molecule has 1 saturated carbocycles. The van der Waals surface area contributed by atoms with E-state index in [4.69, 9.17) is 4.74 Å². The van der Waals surface area contributed by atoms with Gasteiger partial charge < -0.3 is 10.1 Å². The highest BCUT2D eigenvalue weighted by atomic mass is 32.2. The minimum atomic E-state index is -3.91. The van der Waals surface area contributed by atoms with Gasteiger partial charge in [0.2, 0.25) is 0 Å². The van der Waals surface area contributed by atoms with Crippen LogP contribution in [-0.4, -0.2) is 39.5 Å². The Morgan fingerprint density at radius 3 is 2.47 bits per heavy atom. The smallest absolute Gasteiger partial charge is 0.338 e. The second-order valence-corrected chi connectivity index (χ2v) is 10.8. The van der Waals surface area contributed by atoms with E-state index in [0.29, 0.717) is 23.1 Å². The van der Waals surface area contributed by atoms with Gasteiger partial charge in [-0.15, -0.1) is 0 Å². The molecule has 3 rings (SSSR count). The molecular formula is C26H34N2O5S. The van der Waals surface area contributed by atoms with Crippen molar-refractivity contribution >= 4 is 27.6 Å². The monoisotopic (exact) mass is 486 g/mol. The number of esters is 1. The van der Waals surface area contributed by atoms with Crippen molar-refractivity contribution in [2.75, 3.05) is 17.5 Å². The Morgan fingerprint density at radius 1 is 1.09 bits per heavy atom. The summed E-state index contributed by atoms with van der Waals surface area (Å²) in [6.45, 7) is 7.58. The maximum atomic E-state index is 13.4. The minimum absolute atomic E-state index is 0.0297. The Labute approximate surface area is 202 Å². The van der Waals surface area contributed by atoms with Crippen LogP contribution in [0, 0.1) is 18.8 Å². The molecule has 2 aromatic rings. The molecule has 2 aromatic carbocycles. The second kappa shape index (κ2) is 11.0. The summed E-state index contributed by atoms with van der Waals surface area (Å²) in [7, 11) is -3.91. The zero-order valence-corrected chi connectivity index (χ0v) is 21.1. The van der Waals surface area contributed by atoms with Gasteiger partial charge >= 0.3 is 5.97 Å². The maximum Gasteiger partial charge on any atom is 0.338 e. The molecule has 0 spiro atoms. The van der Waals surface area contributed by atoms with Gasteiger partial charge in [-0.3, -0.25) is 9.10 Å². The average molecular weight is 487 g/mol. The lowest BCUT2D eigenvalue weighted by Crippen LogP contribution is -2.45. The SMILES string of the molecule is CCN(c1ccccc1)S(=O)(=O)c1cc(C(=O)OCC(=O)N[C@@H]2CCC[C@H](C)[C@@H]2C)ccc1C. The number of anilines is 1. The molecule has 1 aliphatic carbocycles. The molecule has 0 aromatic heterocycles. The van der Waals surface area contributed by atoms with Gasteiger partial charge in [0, 0.05) is 12.6 Å². The molecule has 0 unspecified atom stereocenters. The molecule has 1 N–H and O–H groups in total. The molecule has 34 heavy (non-hydrogen) atoms. The highest BCUT2D eigenvalue weighted by molar-refractivity contribution is 7.92. The van der Waals surface area contributed by atoms with E-state index in [9.17, 15) is 18.0 Å². The summed E-state index contributed by atoms with van der Waals surface area (Å²) in [5.41, 5.74) is 1.14. The van der Waals surface area contributed by atoms with E-state index in [0.717, 1.165) is 19.3 Å². The summed E-state index contributed by atoms with van der Waals surface area (Å²) in [5, 5.41) is 2.97. The number of hydrogen-bond acceptors (Lipinski definition) is 5. The van der Waals surface area contributed by atoms with E-state index >= 15 is 0 Å². The summed E-state index contributed by atoms with van der Waals surface area (Å²) in [6.07, 6.45) is 3.13. The topological polar surface area (TPSA) is 92.8 Å². The zero-order chi connectivity index (χ0) is 24.9. The molecule has 8 heteroatoms. The van der Waals surface area contributed by atoms with Crippen molar-refractivity contribution in [2.45, 2.75) is 57.9 Å². The second-order valence-electron chi connectivity index (χ2n) is 9.00. The quantitative estimate of drug-likeness (QED) is 0.562. The van der Waals surface area contributed by atoms with Crippen LogP contribution >= 0.6 is 0 Å². The third kappa shape index (κ3) is 5.78. The predicted molar refractivity (Wildman–Crippen MR) is 132 cm³/mol. The highest BCUT2D eigenvalue weighted by Crippen LogP contribution is 2.29. The van der Waals surface area contributed by atoms with Crippen LogP contribution < -0.4 is 9.62 Å². The van der Waals surface area contributed by atoms with Crippen LogP contribution in [0.4, 0.5) is 5.69 Å². The normalized spacial score (nSPS) is 20.4. The number of sulfonamides is 1. The van der Waals surface area contributed by atoms with Crippen molar-refractivity contribution in [3.8, 4) is 0 Å². The first-order valence-corrected chi connectivity index (χ1v) is 13.2. The molecule has 1 aliphatic rings. The fourth-order valence-corrected chi connectivity index (χ4v) is 6.19. The van der Waals surface area contributed by atoms with Gasteiger partial charge in [0.15, 0.2) is 6.61 Å². The van der Waals surface area contributed by atoms with E-state index in [1.807, 2.05) is 6.07 Å². The van der Waals surface area contributed by atoms with Crippen molar-refractivity contribution in [1.29, 1.82) is 0 Å². The molecule has 0 radical (unpaired) electrons. The van der Waals surface area contributed by atoms with E-state index in [-0.39, 0.29) is 29.0 Å². The first-order valence-electron chi connectivity index (χ1n) is 11.8. The number of benzene rings is 2. The van der Waals surface area contributed by atoms with Crippen molar-refractivity contribution in [3.63, 3.8) is 0 Å². The average Bonchev–Trinajstić information content (AvgIpc) is 2.81. The largest absolute Gasteiger partial charge is 0.452 e. The first-order chi connectivity index (χ1) is 16.1. The Bertz CT molecular complexity index is 1120. The van der Waals surface area contributed by atoms with Gasteiger partial charge in [-0.1, -0.05) is 51.0 Å². The zero-order valence-electron chi connectivity index (χ0n) is 20.3. The van der Waals surface area contributed by atoms with E-state index in [2.05, 4.69) is 19.2 Å². The van der Waals surface area contributed by atoms with Crippen molar-refractivity contribution in [2.24, 2.45) is 11.8 Å². The van der Waals surface area contributed by atoms with Crippen LogP contribution in [0.15, 0.2) is 53.4 Å². The van der Waals surface area contributed by atoms with Gasteiger partial charge in [-0.2, -0.15) is 0 Å². The van der Waals surface area contributed by atoms with Crippen LogP contribution in [-0.2, 0) is 19.6 Å². The lowest BCUT2D eigenvalue weighted by Gasteiger charge is -2.34. The van der Waals surface area contributed by atoms with E-state index in [1.54, 1.807) is 44.2 Å². The van der Waals surface area contributed by atoms with Crippen LogP contribution in [0.1, 0.15) is 56.0 Å². The fraction of sp³-hybridized carbons (Fsp3) is 0.462. The molecule has 0 aliphatic heterocycles. The number of carbonyl (C=O) groups is 2. The summed E-state index contributed by atoms with van der Waals surface area (Å²) in [6, 6.07) is 13.3. The number of ether oxygens (including phenoxy) is 1. The van der Waals surface area contributed by atoms with Crippen molar-refractivity contribution < 1.29 is 22.7 Å². The number of nitrogens with zero attached hydrogens (tertiary/aromatic N) is 1. The lowest BCUT2D eigenvalue weighted by molar-refractivity contribution is -0.125. The highest BCUT2D eigenvalue weighted by Gasteiger charge is 2.29. The van der Waals surface area contributed by atoms with Crippen molar-refractivity contribution in [3.05, 3.63) is 59.7 Å². The van der Waals surface area contributed by atoms with Crippen LogP contribution in [0.2, 0.25) is 0 Å². The third-order valence-corrected chi connectivity index (χ3v) is 8.76. The summed E-state index contributed by atoms with van der Waals surface area (Å²) >= 11 is 0. The molecule has 3 atom stereocenters. The fourth-order valence-electron chi connectivity index (χ4n) is 4.46. The number of hydrogen-bond donors (Lipinski definition) is 1. The molecular weight excluding hydrogens is 452 g/mol. The Hall–Kier alpha value is -2.87. The Morgan fingerprint density at radius 2 is 1.79 bits per heavy atom. The number of amides is 1. The lowest BCUT2D eigenvalue weighted by atomic mass is 9.78. The predicted octanol–water partition coefficient (Wildman–Crippen LogP) is 4.31. The number of aryl methyl sites for hydroxylation is 1. The third-order valence-electron chi connectivity index (χ3n) is 6.71. The number of carbonyl (C=O) groups excluding carboxylic acids is 2. The van der Waals surface area contributed by atoms with Gasteiger partial charge in [0.05, 0.1) is 16.1 Å². The molecule has 184 valence electrons. The Kier molecular flexibility index (Phi) is 8.36. The first kappa shape index (κ1) is 25.7. The Balaban J connectivity index is 1.71. The van der Waals surface area contributed by atoms with Gasteiger partial charge in [0.25, 0.3) is 15.9 Å². The van der Waals surface area contributed by atoms with Crippen molar-refractivity contribution in [1.82, 2.24) is 5.32 Å². The summed E-state index contributed by atoms with van der Waals surface area (Å²) in [4.78, 5) is 25.1. The molecule has 7 nitrogen and oxygen atoms in total. The minimum Gasteiger partial charge on any atom is -0.452 e. The standard InChI is InChI=1S/C26H34N2O5S/c1-5-28(22-11-7-6-8-12-22)34(31,32)24-16-21(15-14-19(24)3)26(30)33-17-25(29)27-23-13-9-10-18(2)20(23)4/h6-8,11-12,14-16,18,20,23H,5,9-10,13,17H2,1-4H3,(H,27,29)/t18-,20-,23+/m0/s1. The van der Waals surface area contributed by atoms with Gasteiger partial charge in [-0.05, 0) is 61.9 Å². The van der Waals surface area contributed by atoms with Gasteiger partial charge in [0.1, 0.15) is 0 Å². The number of rotatable bonds is 8. The van der Waals surface area contributed by atoms with Crippen LogP contribution in [0.25, 0.3) is 0 Å². The molecule has 1 amide bonds. The van der Waals surface area contributed by atoms with Crippen LogP contribution in [0.3, 0.4) is 0 Å². The molecule has 0 saturated heterocycles. The molecule has 0 heterocycles. The number of para-hydroxylation sites is 1. The van der Waals surface area contributed by atoms with E-state index in [1.165, 1.54) is 16.4 Å². The summed E-state index contributed by atoms with van der Waals surface area (Å²) in [5.74, 6) is -0.183. The maximum absolute atomic E-state index is 13.4. The van der Waals surface area contributed by atoms with Gasteiger partial charge in [-0.25, -0.2) is 13.2 Å².